The molecule has 0 bridgehead atoms. The molecular formula is C43H45I2N7O11S3. The Bertz CT molecular complexity index is 2920. The van der Waals surface area contributed by atoms with E-state index in [1.165, 1.54) is 43.3 Å². The lowest BCUT2D eigenvalue weighted by Crippen LogP contribution is -2.11. The predicted molar refractivity (Wildman–Crippen MR) is 265 cm³/mol. The molecule has 0 spiro atoms. The highest BCUT2D eigenvalue weighted by atomic mass is 127. The average Bonchev–Trinajstić information content (AvgIpc) is 3.96. The minimum atomic E-state index is -3.72. The van der Waals surface area contributed by atoms with Crippen molar-refractivity contribution in [3.63, 3.8) is 0 Å². The van der Waals surface area contributed by atoms with Crippen molar-refractivity contribution in [2.24, 2.45) is 15.4 Å². The second-order valence-electron chi connectivity index (χ2n) is 11.9. The molecule has 3 aromatic heterocycles. The molecule has 0 aliphatic rings. The van der Waals surface area contributed by atoms with Crippen molar-refractivity contribution in [1.29, 1.82) is 5.26 Å². The highest BCUT2D eigenvalue weighted by Crippen LogP contribution is 2.28. The number of nitrogens with zero attached hydrogens (tertiary/aromatic N) is 4. The lowest BCUT2D eigenvalue weighted by Gasteiger charge is -2.00. The number of terminal acetylenes is 1. The Morgan fingerprint density at radius 3 is 1.14 bits per heavy atom. The number of aromatic nitrogens is 3. The molecule has 0 radical (unpaired) electrons. The summed E-state index contributed by atoms with van der Waals surface area (Å²) < 4.78 is 84.6. The number of hydrogen-bond acceptors (Lipinski definition) is 15. The predicted octanol–water partition coefficient (Wildman–Crippen LogP) is 5.80. The topological polar surface area (TPSA) is 323 Å². The number of rotatable bonds is 6. The summed E-state index contributed by atoms with van der Waals surface area (Å²) in [5.74, 6) is 14.9. The van der Waals surface area contributed by atoms with Gasteiger partial charge in [-0.1, -0.05) is 54.2 Å². The first-order valence-corrected chi connectivity index (χ1v) is 25.8. The number of oxazole rings is 3. The number of aryl methyl sites for hydroxylation is 3. The molecule has 0 saturated carbocycles. The molecule has 3 heterocycles. The lowest BCUT2D eigenvalue weighted by molar-refractivity contribution is 0.350. The molecule has 0 aliphatic carbocycles. The van der Waals surface area contributed by atoms with Crippen LogP contribution in [0.4, 0.5) is 0 Å². The third kappa shape index (κ3) is 19.6. The molecule has 6 aromatic rings. The minimum absolute atomic E-state index is 0.0266. The molecule has 0 saturated heterocycles. The third-order valence-electron chi connectivity index (χ3n) is 7.33. The number of benzene rings is 3. The normalized spacial score (nSPS) is 10.2. The largest absolute Gasteiger partial charge is 0.432 e. The maximum absolute atomic E-state index is 11.2. The van der Waals surface area contributed by atoms with Crippen molar-refractivity contribution < 1.29 is 48.7 Å². The van der Waals surface area contributed by atoms with E-state index in [0.29, 0.717) is 48.4 Å². The van der Waals surface area contributed by atoms with E-state index in [-0.39, 0.29) is 33.8 Å². The summed E-state index contributed by atoms with van der Waals surface area (Å²) >= 11 is 4.12. The van der Waals surface area contributed by atoms with Gasteiger partial charge in [0.1, 0.15) is 13.2 Å². The summed E-state index contributed by atoms with van der Waals surface area (Å²) in [4.78, 5) is 12.6. The maximum atomic E-state index is 11.2. The van der Waals surface area contributed by atoms with Crippen LogP contribution in [0.15, 0.2) is 101 Å². The molecule has 0 unspecified atom stereocenters. The van der Waals surface area contributed by atoms with Crippen molar-refractivity contribution in [2.45, 2.75) is 56.2 Å². The first-order valence-electron chi connectivity index (χ1n) is 18.5. The Labute approximate surface area is 411 Å². The summed E-state index contributed by atoms with van der Waals surface area (Å²) in [6.07, 6.45) is 4.53. The fourth-order valence-corrected chi connectivity index (χ4v) is 7.00. The van der Waals surface area contributed by atoms with E-state index < -0.39 is 30.1 Å². The summed E-state index contributed by atoms with van der Waals surface area (Å²) in [6, 6.07) is 20.0. The van der Waals surface area contributed by atoms with Crippen molar-refractivity contribution in [1.82, 2.24) is 15.0 Å². The number of sulfonamides is 3. The zero-order valence-electron chi connectivity index (χ0n) is 36.2. The number of primary sulfonamides is 3. The Morgan fingerprint density at radius 2 is 0.894 bits per heavy atom. The Morgan fingerprint density at radius 1 is 0.606 bits per heavy atom. The summed E-state index contributed by atoms with van der Waals surface area (Å²) in [5.41, 5.74) is 4.24. The van der Waals surface area contributed by atoms with Crippen LogP contribution in [0.5, 0.6) is 0 Å². The van der Waals surface area contributed by atoms with Crippen LogP contribution >= 0.6 is 45.2 Å². The molecule has 0 amide bonds. The first-order chi connectivity index (χ1) is 31.0. The SMILES string of the molecule is C#CCO.CC.CC#N.Cc1nc(C#CCI)oc1-c1ccc(S(N)(=O)=O)cc1.Cc1nc(C#CCO)oc1-c1ccc(S(N)(=O)=O)cc1.Cc1nc(I)oc1-c1ccc(S(N)(=O)=O)cc1. The molecule has 8 N–H and O–H groups in total. The number of nitrogens with two attached hydrogens (primary N) is 3. The quantitative estimate of drug-likeness (QED) is 0.0748. The number of hydrogen-bond donors (Lipinski definition) is 5. The molecule has 23 heteroatoms. The highest BCUT2D eigenvalue weighted by Gasteiger charge is 2.15. The van der Waals surface area contributed by atoms with Gasteiger partial charge in [0.15, 0.2) is 17.3 Å². The third-order valence-corrected chi connectivity index (χ3v) is 11.0. The van der Waals surface area contributed by atoms with E-state index in [0.717, 1.165) is 16.8 Å². The van der Waals surface area contributed by atoms with E-state index >= 15 is 0 Å². The minimum Gasteiger partial charge on any atom is -0.432 e. The lowest BCUT2D eigenvalue weighted by atomic mass is 10.1. The van der Waals surface area contributed by atoms with E-state index in [1.807, 2.05) is 56.2 Å². The van der Waals surface area contributed by atoms with Gasteiger partial charge in [0.25, 0.3) is 15.7 Å². The van der Waals surface area contributed by atoms with Gasteiger partial charge >= 0.3 is 0 Å². The van der Waals surface area contributed by atoms with Crippen LogP contribution in [-0.4, -0.2) is 68.1 Å². The van der Waals surface area contributed by atoms with Crippen LogP contribution in [-0.2, 0) is 30.1 Å². The fourth-order valence-electron chi connectivity index (χ4n) is 4.68. The Kier molecular flexibility index (Phi) is 25.4. The van der Waals surface area contributed by atoms with Crippen molar-refractivity contribution >= 4 is 75.3 Å². The number of alkyl halides is 1. The van der Waals surface area contributed by atoms with Gasteiger partial charge in [-0.05, 0) is 105 Å². The van der Waals surface area contributed by atoms with E-state index in [9.17, 15) is 25.3 Å². The number of aliphatic hydroxyl groups excluding tert-OH is 2. The van der Waals surface area contributed by atoms with Crippen molar-refractivity contribution in [2.75, 3.05) is 17.6 Å². The molecule has 0 aliphatic heterocycles. The van der Waals surface area contributed by atoms with Crippen LogP contribution in [0.2, 0.25) is 0 Å². The monoisotopic (exact) mass is 1190 g/mol. The smallest absolute Gasteiger partial charge is 0.274 e. The first kappa shape index (κ1) is 58.6. The summed E-state index contributed by atoms with van der Waals surface area (Å²) in [5, 5.41) is 38.7. The van der Waals surface area contributed by atoms with Crippen LogP contribution in [0.1, 0.15) is 49.6 Å². The molecule has 66 heavy (non-hydrogen) atoms. The van der Waals surface area contributed by atoms with Gasteiger partial charge in [0.2, 0.25) is 30.1 Å². The number of nitriles is 1. The standard InChI is InChI=1S/C13H11IN2O3S.C13H12N2O4S.C10H9IN2O3S.C3H4O.C2H3N.C2H6/c1-9-13(19-12(16-9)3-2-8-14)10-4-6-11(7-5-10)20(15,17)18;1-9-13(19-12(15-9)3-2-8-16)10-4-6-11(7-5-10)20(14,17)18;1-6-9(16-10(11)13-6)7-2-4-8(5-3-7)17(12,14)15;1-2-3-4;1-2-3;1-2/h4-7H,8H2,1H3,(H2,15,17,18);4-7,16H,8H2,1H3,(H2,14,17,18);2-5H,1H3,(H2,12,14,15);1,4H,3H2;1H3;1-2H3. The van der Waals surface area contributed by atoms with Gasteiger partial charge in [-0.3, -0.25) is 0 Å². The Balaban J connectivity index is 0.000000454. The fraction of sp³-hybridized carbons (Fsp3) is 0.209. The van der Waals surface area contributed by atoms with Crippen LogP contribution < -0.4 is 15.4 Å². The molecule has 3 aromatic carbocycles. The van der Waals surface area contributed by atoms with Gasteiger partial charge in [-0.15, -0.1) is 6.42 Å². The second kappa shape index (κ2) is 28.6. The van der Waals surface area contributed by atoms with Crippen LogP contribution in [0.3, 0.4) is 0 Å². The highest BCUT2D eigenvalue weighted by molar-refractivity contribution is 14.1. The van der Waals surface area contributed by atoms with Gasteiger partial charge in [0, 0.05) is 46.2 Å². The van der Waals surface area contributed by atoms with E-state index in [2.05, 4.69) is 67.6 Å². The van der Waals surface area contributed by atoms with Gasteiger partial charge in [-0.25, -0.2) is 55.6 Å². The van der Waals surface area contributed by atoms with E-state index in [4.69, 9.17) is 44.1 Å². The van der Waals surface area contributed by atoms with E-state index in [1.54, 1.807) is 49.4 Å². The maximum Gasteiger partial charge on any atom is 0.274 e. The molecular weight excluding hydrogens is 1140 g/mol. The summed E-state index contributed by atoms with van der Waals surface area (Å²) in [6.45, 7) is 10.4. The van der Waals surface area contributed by atoms with Gasteiger partial charge < -0.3 is 23.5 Å². The number of halogens is 2. The van der Waals surface area contributed by atoms with Gasteiger partial charge in [-0.2, -0.15) is 5.26 Å². The average molecular weight is 1190 g/mol. The zero-order valence-corrected chi connectivity index (χ0v) is 43.0. The van der Waals surface area contributed by atoms with Crippen LogP contribution in [0, 0.1) is 72.0 Å². The molecule has 6 rings (SSSR count). The second-order valence-corrected chi connectivity index (χ2v) is 18.3. The van der Waals surface area contributed by atoms with Crippen molar-refractivity contribution in [3.8, 4) is 76.1 Å². The summed E-state index contributed by atoms with van der Waals surface area (Å²) in [7, 11) is -11.1. The van der Waals surface area contributed by atoms with Crippen LogP contribution in [0.25, 0.3) is 34.0 Å². The Hall–Kier alpha value is -5.43. The molecule has 18 nitrogen and oxygen atoms in total. The van der Waals surface area contributed by atoms with Crippen molar-refractivity contribution in [3.05, 3.63) is 106 Å². The molecule has 350 valence electrons. The molecule has 0 fully saturated rings. The van der Waals surface area contributed by atoms with Gasteiger partial charge in [0.05, 0.1) is 42.3 Å². The number of aliphatic hydroxyl groups is 2. The molecule has 0 atom stereocenters. The zero-order chi connectivity index (χ0) is 50.3.